The summed E-state index contributed by atoms with van der Waals surface area (Å²) in [6.07, 6.45) is 2.29. The van der Waals surface area contributed by atoms with Crippen molar-refractivity contribution in [1.29, 1.82) is 0 Å². The number of aromatic hydroxyl groups is 1. The van der Waals surface area contributed by atoms with E-state index in [4.69, 9.17) is 17.2 Å². The van der Waals surface area contributed by atoms with E-state index in [-0.39, 0.29) is 49.7 Å². The zero-order valence-electron chi connectivity index (χ0n) is 23.9. The summed E-state index contributed by atoms with van der Waals surface area (Å²) in [6.45, 7) is 0.165. The van der Waals surface area contributed by atoms with Gasteiger partial charge in [-0.1, -0.05) is 30.3 Å². The van der Waals surface area contributed by atoms with Crippen LogP contribution >= 0.6 is 12.6 Å². The molecular weight excluding hydrogens is 588 g/mol. The van der Waals surface area contributed by atoms with Crippen LogP contribution < -0.4 is 33.2 Å². The third-order valence-corrected chi connectivity index (χ3v) is 7.20. The number of carboxylic acid groups (broad SMARTS) is 1. The van der Waals surface area contributed by atoms with E-state index in [1.807, 2.05) is 24.3 Å². The molecule has 15 heteroatoms. The fourth-order valence-corrected chi connectivity index (χ4v) is 4.74. The first-order valence-electron chi connectivity index (χ1n) is 13.9. The van der Waals surface area contributed by atoms with Gasteiger partial charge in [0.2, 0.25) is 17.7 Å². The Kier molecular flexibility index (Phi) is 12.4. The fourth-order valence-electron chi connectivity index (χ4n) is 4.49. The Morgan fingerprint density at radius 1 is 0.886 bits per heavy atom. The number of hydrogen-bond acceptors (Lipinski definition) is 8. The number of carboxylic acids is 1. The number of benzene rings is 2. The summed E-state index contributed by atoms with van der Waals surface area (Å²) in [7, 11) is 0. The molecular formula is C29H38N8O6S. The summed E-state index contributed by atoms with van der Waals surface area (Å²) < 4.78 is 0. The molecule has 4 atom stereocenters. The van der Waals surface area contributed by atoms with Gasteiger partial charge in [-0.2, -0.15) is 12.6 Å². The SMILES string of the molecule is NC(N)=NCCCC(NC(=O)C(Cc1c[nH]c2ccccc12)NC(=O)C(N)Cc1ccc(O)cc1)C(=O)NC(CS)C(=O)O. The van der Waals surface area contributed by atoms with E-state index >= 15 is 0 Å². The highest BCUT2D eigenvalue weighted by Crippen LogP contribution is 2.19. The smallest absolute Gasteiger partial charge is 0.327 e. The summed E-state index contributed by atoms with van der Waals surface area (Å²) in [4.78, 5) is 58.6. The largest absolute Gasteiger partial charge is 0.508 e. The molecule has 4 unspecified atom stereocenters. The maximum absolute atomic E-state index is 13.7. The lowest BCUT2D eigenvalue weighted by atomic mass is 10.0. The van der Waals surface area contributed by atoms with Gasteiger partial charge in [0.1, 0.15) is 23.9 Å². The number of H-pyrrole nitrogens is 1. The van der Waals surface area contributed by atoms with Gasteiger partial charge < -0.3 is 48.3 Å². The number of guanidine groups is 1. The van der Waals surface area contributed by atoms with Crippen molar-refractivity contribution in [3.63, 3.8) is 0 Å². The molecule has 3 rings (SSSR count). The molecule has 1 aromatic heterocycles. The number of aliphatic carboxylic acids is 1. The second kappa shape index (κ2) is 16.2. The third-order valence-electron chi connectivity index (χ3n) is 6.84. The van der Waals surface area contributed by atoms with E-state index in [9.17, 15) is 29.4 Å². The van der Waals surface area contributed by atoms with E-state index in [0.717, 1.165) is 16.5 Å². The molecule has 0 fully saturated rings. The summed E-state index contributed by atoms with van der Waals surface area (Å²) in [5.41, 5.74) is 19.2. The van der Waals surface area contributed by atoms with E-state index in [1.165, 1.54) is 12.1 Å². The highest BCUT2D eigenvalue weighted by molar-refractivity contribution is 7.80. The molecule has 1 heterocycles. The van der Waals surface area contributed by atoms with Gasteiger partial charge >= 0.3 is 5.97 Å². The maximum Gasteiger partial charge on any atom is 0.327 e. The number of hydrogen-bond donors (Lipinski definition) is 10. The number of nitrogens with one attached hydrogen (secondary N) is 4. The summed E-state index contributed by atoms with van der Waals surface area (Å²) >= 11 is 3.98. The Morgan fingerprint density at radius 3 is 2.18 bits per heavy atom. The lowest BCUT2D eigenvalue weighted by molar-refractivity contribution is -0.141. The number of carbonyl (C=O) groups is 4. The number of thiol groups is 1. The van der Waals surface area contributed by atoms with Gasteiger partial charge in [-0.3, -0.25) is 19.4 Å². The molecule has 3 amide bonds. The Bertz CT molecular complexity index is 1470. The monoisotopic (exact) mass is 626 g/mol. The molecule has 3 aromatic rings. The van der Waals surface area contributed by atoms with E-state index in [1.54, 1.807) is 18.3 Å². The Morgan fingerprint density at radius 2 is 1.52 bits per heavy atom. The van der Waals surface area contributed by atoms with Crippen LogP contribution in [0, 0.1) is 0 Å². The van der Waals surface area contributed by atoms with Crippen LogP contribution in [0.1, 0.15) is 24.0 Å². The van der Waals surface area contributed by atoms with Gasteiger partial charge in [0.05, 0.1) is 6.04 Å². The molecule has 0 saturated carbocycles. The number of fused-ring (bicyclic) bond motifs is 1. The number of aliphatic imine (C=N–C) groups is 1. The molecule has 0 aliphatic carbocycles. The number of amides is 3. The lowest BCUT2D eigenvalue weighted by Crippen LogP contribution is -2.58. The molecule has 12 N–H and O–H groups in total. The second-order valence-corrected chi connectivity index (χ2v) is 10.6. The number of phenolic OH excluding ortho intramolecular Hbond substituents is 1. The minimum atomic E-state index is -1.29. The van der Waals surface area contributed by atoms with Crippen molar-refractivity contribution in [3.05, 3.63) is 65.9 Å². The molecule has 0 bridgehead atoms. The molecule has 0 aliphatic heterocycles. The highest BCUT2D eigenvalue weighted by atomic mass is 32.1. The molecule has 0 spiro atoms. The quantitative estimate of drug-likeness (QED) is 0.0425. The Hall–Kier alpha value is -4.76. The lowest BCUT2D eigenvalue weighted by Gasteiger charge is -2.25. The topological polar surface area (TPSA) is 251 Å². The van der Waals surface area contributed by atoms with Crippen LogP contribution in [0.15, 0.2) is 59.7 Å². The number of para-hydroxylation sites is 1. The second-order valence-electron chi connectivity index (χ2n) is 10.2. The molecule has 236 valence electrons. The van der Waals surface area contributed by atoms with Gasteiger partial charge in [0, 0.05) is 35.8 Å². The number of nitrogens with two attached hydrogens (primary N) is 3. The van der Waals surface area contributed by atoms with Crippen molar-refractivity contribution in [2.45, 2.75) is 49.9 Å². The predicted octanol–water partition coefficient (Wildman–Crippen LogP) is -0.492. The van der Waals surface area contributed by atoms with E-state index < -0.39 is 47.9 Å². The summed E-state index contributed by atoms with van der Waals surface area (Å²) in [6, 6.07) is 9.05. The van der Waals surface area contributed by atoms with Gasteiger partial charge in [-0.15, -0.1) is 0 Å². The minimum Gasteiger partial charge on any atom is -0.508 e. The normalized spacial score (nSPS) is 13.7. The zero-order valence-corrected chi connectivity index (χ0v) is 24.8. The number of nitrogens with zero attached hydrogens (tertiary/aromatic N) is 1. The number of aromatic amines is 1. The Balaban J connectivity index is 1.83. The van der Waals surface area contributed by atoms with Crippen molar-refractivity contribution in [2.24, 2.45) is 22.2 Å². The van der Waals surface area contributed by atoms with Crippen molar-refractivity contribution in [1.82, 2.24) is 20.9 Å². The molecule has 44 heavy (non-hydrogen) atoms. The van der Waals surface area contributed by atoms with Gasteiger partial charge in [-0.25, -0.2) is 4.79 Å². The van der Waals surface area contributed by atoms with Gasteiger partial charge in [0.25, 0.3) is 0 Å². The maximum atomic E-state index is 13.7. The van der Waals surface area contributed by atoms with Crippen LogP contribution in [0.3, 0.4) is 0 Å². The first kappa shape index (κ1) is 33.7. The standard InChI is InChI=1S/C29H38N8O6S/c30-20(12-16-7-9-18(38)10-8-16)25(39)36-23(13-17-14-34-21-5-2-1-4-19(17)21)27(41)35-22(6-3-11-33-29(31)32)26(40)37-24(15-44)28(42)43/h1-2,4-5,7-10,14,20,22-24,34,38,44H,3,6,11-13,15,30H2,(H,35,41)(H,36,39)(H,37,40)(H,42,43)(H4,31,32,33). The summed E-state index contributed by atoms with van der Waals surface area (Å²) in [5, 5.41) is 27.5. The molecule has 14 nitrogen and oxygen atoms in total. The van der Waals surface area contributed by atoms with Crippen LogP contribution in [0.25, 0.3) is 10.9 Å². The van der Waals surface area contributed by atoms with Crippen molar-refractivity contribution in [3.8, 4) is 5.75 Å². The molecule has 2 aromatic carbocycles. The van der Waals surface area contributed by atoms with Crippen LogP contribution in [0.2, 0.25) is 0 Å². The van der Waals surface area contributed by atoms with Gasteiger partial charge in [-0.05, 0) is 48.6 Å². The predicted molar refractivity (Wildman–Crippen MR) is 169 cm³/mol. The van der Waals surface area contributed by atoms with Crippen LogP contribution in [0.5, 0.6) is 5.75 Å². The van der Waals surface area contributed by atoms with Crippen molar-refractivity contribution < 1.29 is 29.4 Å². The first-order valence-corrected chi connectivity index (χ1v) is 14.5. The fraction of sp³-hybridized carbons (Fsp3) is 0.345. The van der Waals surface area contributed by atoms with Crippen LogP contribution in [-0.2, 0) is 32.0 Å². The highest BCUT2D eigenvalue weighted by Gasteiger charge is 2.30. The molecule has 0 saturated heterocycles. The number of phenols is 1. The number of aromatic nitrogens is 1. The first-order chi connectivity index (χ1) is 21.0. The Labute approximate surface area is 259 Å². The van der Waals surface area contributed by atoms with Crippen molar-refractivity contribution in [2.75, 3.05) is 12.3 Å². The molecule has 0 aliphatic rings. The van der Waals surface area contributed by atoms with E-state index in [0.29, 0.717) is 5.56 Å². The summed E-state index contributed by atoms with van der Waals surface area (Å²) in [5.74, 6) is -3.55. The molecule has 0 radical (unpaired) electrons. The average molecular weight is 627 g/mol. The third kappa shape index (κ3) is 9.91. The number of carbonyl (C=O) groups excluding carboxylic acids is 3. The number of rotatable bonds is 16. The zero-order chi connectivity index (χ0) is 32.2. The van der Waals surface area contributed by atoms with E-state index in [2.05, 4.69) is 38.6 Å². The van der Waals surface area contributed by atoms with Crippen LogP contribution in [-0.4, -0.2) is 81.3 Å². The minimum absolute atomic E-state index is 0.0598. The van der Waals surface area contributed by atoms with Crippen LogP contribution in [0.4, 0.5) is 0 Å². The van der Waals surface area contributed by atoms with Gasteiger partial charge in [0.15, 0.2) is 5.96 Å². The van der Waals surface area contributed by atoms with Crippen molar-refractivity contribution >= 4 is 53.2 Å². The average Bonchev–Trinajstić information content (AvgIpc) is 3.40.